The van der Waals surface area contributed by atoms with Gasteiger partial charge in [0.15, 0.2) is 13.1 Å². The summed E-state index contributed by atoms with van der Waals surface area (Å²) in [5.74, 6) is 1.92. The summed E-state index contributed by atoms with van der Waals surface area (Å²) >= 11 is 0. The molecule has 0 aliphatic rings. The minimum absolute atomic E-state index is 0.0932. The van der Waals surface area contributed by atoms with Gasteiger partial charge in [0.1, 0.15) is 5.75 Å². The van der Waals surface area contributed by atoms with E-state index in [1.807, 2.05) is 12.1 Å². The minimum atomic E-state index is -3.84. The number of hydrogen-bond acceptors (Lipinski definition) is 5. The van der Waals surface area contributed by atoms with Crippen LogP contribution in [0.15, 0.2) is 59.5 Å². The molecular formula is C23H32O5S. The second-order valence-electron chi connectivity index (χ2n) is 7.28. The van der Waals surface area contributed by atoms with Crippen LogP contribution in [0.25, 0.3) is 0 Å². The first-order valence-corrected chi connectivity index (χ1v) is 11.6. The van der Waals surface area contributed by atoms with Crippen molar-refractivity contribution in [2.45, 2.75) is 64.1 Å². The largest absolute Gasteiger partial charge is 0.465 e. The molecule has 0 N–H and O–H groups in total. The normalized spacial score (nSPS) is 14.9. The SMILES string of the molecule is CCC(C)CC(CC)c1ccc(OC(C)OCOS(=O)(=O)c2ccccc2)cc1. The zero-order valence-electron chi connectivity index (χ0n) is 17.7. The van der Waals surface area contributed by atoms with E-state index in [-0.39, 0.29) is 4.90 Å². The Morgan fingerprint density at radius 2 is 1.55 bits per heavy atom. The van der Waals surface area contributed by atoms with Crippen molar-refractivity contribution in [2.75, 3.05) is 6.79 Å². The Morgan fingerprint density at radius 3 is 2.14 bits per heavy atom. The molecule has 0 amide bonds. The minimum Gasteiger partial charge on any atom is -0.465 e. The second-order valence-corrected chi connectivity index (χ2v) is 8.89. The summed E-state index contributed by atoms with van der Waals surface area (Å²) in [5.41, 5.74) is 1.31. The molecule has 0 spiro atoms. The van der Waals surface area contributed by atoms with Crippen LogP contribution in [-0.2, 0) is 19.0 Å². The number of ether oxygens (including phenoxy) is 2. The van der Waals surface area contributed by atoms with E-state index in [4.69, 9.17) is 13.7 Å². The van der Waals surface area contributed by atoms with E-state index in [2.05, 4.69) is 32.9 Å². The molecule has 2 aromatic carbocycles. The molecule has 0 saturated carbocycles. The van der Waals surface area contributed by atoms with Crippen LogP contribution < -0.4 is 4.74 Å². The number of benzene rings is 2. The van der Waals surface area contributed by atoms with Crippen molar-refractivity contribution in [1.29, 1.82) is 0 Å². The van der Waals surface area contributed by atoms with Crippen molar-refractivity contribution >= 4 is 10.1 Å². The zero-order chi connectivity index (χ0) is 21.3. The lowest BCUT2D eigenvalue weighted by molar-refractivity contribution is -0.115. The van der Waals surface area contributed by atoms with Gasteiger partial charge in [-0.25, -0.2) is 4.18 Å². The molecule has 0 aliphatic heterocycles. The highest BCUT2D eigenvalue weighted by atomic mass is 32.2. The van der Waals surface area contributed by atoms with Crippen molar-refractivity contribution < 1.29 is 22.1 Å². The summed E-state index contributed by atoms with van der Waals surface area (Å²) in [5, 5.41) is 0. The van der Waals surface area contributed by atoms with Crippen molar-refractivity contribution in [2.24, 2.45) is 5.92 Å². The average Bonchev–Trinajstić information content (AvgIpc) is 2.73. The maximum absolute atomic E-state index is 12.1. The first kappa shape index (κ1) is 23.4. The molecule has 6 heteroatoms. The van der Waals surface area contributed by atoms with Gasteiger partial charge < -0.3 is 9.47 Å². The molecule has 2 rings (SSSR count). The molecule has 2 aromatic rings. The molecule has 0 radical (unpaired) electrons. The Bertz CT molecular complexity index is 818. The highest BCUT2D eigenvalue weighted by Crippen LogP contribution is 2.29. The van der Waals surface area contributed by atoms with Gasteiger partial charge in [-0.05, 0) is 61.4 Å². The van der Waals surface area contributed by atoms with Gasteiger partial charge in [0.2, 0.25) is 0 Å². The van der Waals surface area contributed by atoms with E-state index in [1.165, 1.54) is 30.5 Å². The summed E-state index contributed by atoms with van der Waals surface area (Å²) in [7, 11) is -3.84. The molecule has 0 saturated heterocycles. The Labute approximate surface area is 175 Å². The lowest BCUT2D eigenvalue weighted by atomic mass is 9.87. The molecule has 0 aromatic heterocycles. The van der Waals surface area contributed by atoms with E-state index in [9.17, 15) is 8.42 Å². The molecule has 3 unspecified atom stereocenters. The summed E-state index contributed by atoms with van der Waals surface area (Å²) in [4.78, 5) is 0.0932. The highest BCUT2D eigenvalue weighted by molar-refractivity contribution is 7.86. The van der Waals surface area contributed by atoms with Crippen molar-refractivity contribution in [3.63, 3.8) is 0 Å². The van der Waals surface area contributed by atoms with E-state index < -0.39 is 23.2 Å². The van der Waals surface area contributed by atoms with E-state index in [1.54, 1.807) is 25.1 Å². The van der Waals surface area contributed by atoms with Crippen LogP contribution in [0.4, 0.5) is 0 Å². The maximum Gasteiger partial charge on any atom is 0.299 e. The fraction of sp³-hybridized carbons (Fsp3) is 0.478. The molecule has 0 aliphatic carbocycles. The Balaban J connectivity index is 1.84. The molecule has 0 fully saturated rings. The summed E-state index contributed by atoms with van der Waals surface area (Å²) in [6.07, 6.45) is 2.83. The van der Waals surface area contributed by atoms with Gasteiger partial charge >= 0.3 is 0 Å². The van der Waals surface area contributed by atoms with Gasteiger partial charge in [-0.1, -0.05) is 57.5 Å². The van der Waals surface area contributed by atoms with Crippen LogP contribution >= 0.6 is 0 Å². The van der Waals surface area contributed by atoms with Gasteiger partial charge in [0.05, 0.1) is 4.90 Å². The molecule has 29 heavy (non-hydrogen) atoms. The van der Waals surface area contributed by atoms with Crippen LogP contribution in [0, 0.1) is 5.92 Å². The number of rotatable bonds is 12. The van der Waals surface area contributed by atoms with Gasteiger partial charge in [0, 0.05) is 0 Å². The lowest BCUT2D eigenvalue weighted by Crippen LogP contribution is -2.20. The molecular weight excluding hydrogens is 388 g/mol. The Morgan fingerprint density at radius 1 is 0.897 bits per heavy atom. The fourth-order valence-electron chi connectivity index (χ4n) is 3.08. The first-order chi connectivity index (χ1) is 13.9. The summed E-state index contributed by atoms with van der Waals surface area (Å²) < 4.78 is 40.1. The highest BCUT2D eigenvalue weighted by Gasteiger charge is 2.16. The van der Waals surface area contributed by atoms with Gasteiger partial charge in [0.25, 0.3) is 10.1 Å². The topological polar surface area (TPSA) is 61.8 Å². The molecule has 5 nitrogen and oxygen atoms in total. The van der Waals surface area contributed by atoms with Crippen LogP contribution in [0.2, 0.25) is 0 Å². The smallest absolute Gasteiger partial charge is 0.299 e. The van der Waals surface area contributed by atoms with Crippen molar-refractivity contribution in [1.82, 2.24) is 0 Å². The second kappa shape index (κ2) is 11.3. The molecule has 0 heterocycles. The quantitative estimate of drug-likeness (QED) is 0.325. The monoisotopic (exact) mass is 420 g/mol. The van der Waals surface area contributed by atoms with Crippen LogP contribution in [0.5, 0.6) is 5.75 Å². The van der Waals surface area contributed by atoms with Gasteiger partial charge in [-0.15, -0.1) is 0 Å². The summed E-state index contributed by atoms with van der Waals surface area (Å²) in [6, 6.07) is 16.0. The predicted octanol–water partition coefficient (Wildman–Crippen LogP) is 5.72. The standard InChI is InChI=1S/C23H32O5S/c1-5-18(3)16-20(6-2)21-12-14-22(15-13-21)28-19(4)26-17-27-29(24,25)23-10-8-7-9-11-23/h7-15,18-20H,5-6,16-17H2,1-4H3. The number of hydrogen-bond donors (Lipinski definition) is 0. The fourth-order valence-corrected chi connectivity index (χ4v) is 3.89. The van der Waals surface area contributed by atoms with Crippen molar-refractivity contribution in [3.05, 3.63) is 60.2 Å². The van der Waals surface area contributed by atoms with Crippen LogP contribution in [0.1, 0.15) is 58.4 Å². The Kier molecular flexibility index (Phi) is 9.14. The maximum atomic E-state index is 12.1. The van der Waals surface area contributed by atoms with Crippen LogP contribution in [-0.4, -0.2) is 21.5 Å². The first-order valence-electron chi connectivity index (χ1n) is 10.2. The van der Waals surface area contributed by atoms with Crippen LogP contribution in [0.3, 0.4) is 0 Å². The third-order valence-electron chi connectivity index (χ3n) is 5.07. The average molecular weight is 421 g/mol. The van der Waals surface area contributed by atoms with Gasteiger partial charge in [-0.2, -0.15) is 8.42 Å². The zero-order valence-corrected chi connectivity index (χ0v) is 18.5. The third kappa shape index (κ3) is 7.46. The van der Waals surface area contributed by atoms with E-state index in [0.717, 1.165) is 6.42 Å². The van der Waals surface area contributed by atoms with E-state index >= 15 is 0 Å². The van der Waals surface area contributed by atoms with Gasteiger partial charge in [-0.3, -0.25) is 0 Å². The van der Waals surface area contributed by atoms with Crippen molar-refractivity contribution in [3.8, 4) is 5.75 Å². The molecule has 160 valence electrons. The molecule has 3 atom stereocenters. The molecule has 0 bridgehead atoms. The lowest BCUT2D eigenvalue weighted by Gasteiger charge is -2.20. The van der Waals surface area contributed by atoms with E-state index in [0.29, 0.717) is 17.6 Å². The Hall–Kier alpha value is -1.89. The third-order valence-corrected chi connectivity index (χ3v) is 6.32. The predicted molar refractivity (Wildman–Crippen MR) is 114 cm³/mol. The summed E-state index contributed by atoms with van der Waals surface area (Å²) in [6.45, 7) is 8.02.